The Kier molecular flexibility index (Phi) is 5.84. The van der Waals surface area contributed by atoms with E-state index in [0.29, 0.717) is 17.9 Å². The Bertz CT molecular complexity index is 656. The summed E-state index contributed by atoms with van der Waals surface area (Å²) in [5.41, 5.74) is -0.434. The zero-order valence-corrected chi connectivity index (χ0v) is 13.4. The first-order valence-corrected chi connectivity index (χ1v) is 7.52. The maximum Gasteiger partial charge on any atom is 0.432 e. The van der Waals surface area contributed by atoms with Crippen LogP contribution in [0.1, 0.15) is 19.5 Å². The molecule has 2 rings (SSSR count). The molecule has 1 heterocycles. The fourth-order valence-electron chi connectivity index (χ4n) is 1.97. The van der Waals surface area contributed by atoms with Gasteiger partial charge in [0.2, 0.25) is 0 Å². The van der Waals surface area contributed by atoms with Crippen LogP contribution in [0, 0.1) is 0 Å². The molecule has 5 nitrogen and oxygen atoms in total. The van der Waals surface area contributed by atoms with Crippen LogP contribution in [0.25, 0.3) is 11.4 Å². The van der Waals surface area contributed by atoms with Gasteiger partial charge in [-0.15, -0.1) is 0 Å². The molecule has 8 heteroatoms. The molecule has 1 aromatic heterocycles. The molecule has 0 aliphatic rings. The lowest BCUT2D eigenvalue weighted by molar-refractivity contribution is -0.140. The van der Waals surface area contributed by atoms with E-state index in [1.807, 2.05) is 13.8 Å². The predicted molar refractivity (Wildman–Crippen MR) is 83.7 cm³/mol. The number of alkyl halides is 3. The van der Waals surface area contributed by atoms with E-state index in [0.717, 1.165) is 6.20 Å². The normalized spacial score (nSPS) is 13.3. The molecule has 2 aromatic rings. The first-order chi connectivity index (χ1) is 11.3. The van der Waals surface area contributed by atoms with Gasteiger partial charge >= 0.3 is 6.18 Å². The lowest BCUT2D eigenvalue weighted by atomic mass is 10.2. The van der Waals surface area contributed by atoms with Gasteiger partial charge in [0.15, 0.2) is 0 Å². The molecule has 1 unspecified atom stereocenters. The molecule has 0 aliphatic carbocycles. The maximum atomic E-state index is 12.6. The van der Waals surface area contributed by atoms with Gasteiger partial charge in [-0.2, -0.15) is 13.2 Å². The standard InChI is InChI=1S/C16H20F3N3O2/c1-10(2)20-7-12(23)9-24-13-5-3-4-11(6-13)15-21-8-14(22-15)16(17,18)19/h3-6,8,10,12,20,23H,7,9H2,1-2H3,(H,21,22). The van der Waals surface area contributed by atoms with Crippen molar-refractivity contribution in [3.8, 4) is 17.1 Å². The lowest BCUT2D eigenvalue weighted by Crippen LogP contribution is -2.35. The van der Waals surface area contributed by atoms with Crippen LogP contribution in [0.5, 0.6) is 5.75 Å². The van der Waals surface area contributed by atoms with E-state index in [-0.39, 0.29) is 18.5 Å². The summed E-state index contributed by atoms with van der Waals surface area (Å²) in [5.74, 6) is 0.552. The minimum atomic E-state index is -4.47. The van der Waals surface area contributed by atoms with E-state index in [9.17, 15) is 18.3 Å². The zero-order chi connectivity index (χ0) is 17.7. The van der Waals surface area contributed by atoms with Crippen molar-refractivity contribution in [2.75, 3.05) is 13.2 Å². The third-order valence-electron chi connectivity index (χ3n) is 3.19. The van der Waals surface area contributed by atoms with Crippen molar-refractivity contribution >= 4 is 0 Å². The second kappa shape index (κ2) is 7.67. The van der Waals surface area contributed by atoms with Gasteiger partial charge in [0.1, 0.15) is 30.0 Å². The van der Waals surface area contributed by atoms with E-state index >= 15 is 0 Å². The lowest BCUT2D eigenvalue weighted by Gasteiger charge is -2.15. The number of hydrogen-bond acceptors (Lipinski definition) is 4. The van der Waals surface area contributed by atoms with Crippen LogP contribution < -0.4 is 10.1 Å². The minimum Gasteiger partial charge on any atom is -0.491 e. The second-order valence-corrected chi connectivity index (χ2v) is 5.70. The first kappa shape index (κ1) is 18.3. The smallest absolute Gasteiger partial charge is 0.432 e. The number of benzene rings is 1. The van der Waals surface area contributed by atoms with Gasteiger partial charge in [-0.1, -0.05) is 26.0 Å². The Labute approximate surface area is 137 Å². The average Bonchev–Trinajstić information content (AvgIpc) is 3.01. The van der Waals surface area contributed by atoms with Gasteiger partial charge in [0.25, 0.3) is 0 Å². The highest BCUT2D eigenvalue weighted by Crippen LogP contribution is 2.30. The third kappa shape index (κ3) is 5.24. The van der Waals surface area contributed by atoms with Crippen molar-refractivity contribution in [1.82, 2.24) is 15.3 Å². The van der Waals surface area contributed by atoms with Crippen molar-refractivity contribution < 1.29 is 23.0 Å². The summed E-state index contributed by atoms with van der Waals surface area (Å²) >= 11 is 0. The van der Waals surface area contributed by atoms with Gasteiger partial charge in [-0.3, -0.25) is 0 Å². The Morgan fingerprint density at radius 2 is 2.08 bits per heavy atom. The number of ether oxygens (including phenoxy) is 1. The summed E-state index contributed by atoms with van der Waals surface area (Å²) in [4.78, 5) is 5.99. The Hall–Kier alpha value is -2.06. The Morgan fingerprint density at radius 1 is 1.33 bits per heavy atom. The van der Waals surface area contributed by atoms with E-state index in [4.69, 9.17) is 4.74 Å². The highest BCUT2D eigenvalue weighted by Gasteiger charge is 2.33. The number of rotatable bonds is 7. The second-order valence-electron chi connectivity index (χ2n) is 5.70. The molecule has 0 fully saturated rings. The zero-order valence-electron chi connectivity index (χ0n) is 13.4. The van der Waals surface area contributed by atoms with Crippen LogP contribution in [0.15, 0.2) is 30.5 Å². The van der Waals surface area contributed by atoms with E-state index in [2.05, 4.69) is 15.3 Å². The molecule has 0 saturated carbocycles. The molecule has 0 saturated heterocycles. The van der Waals surface area contributed by atoms with Gasteiger partial charge in [0, 0.05) is 18.2 Å². The van der Waals surface area contributed by atoms with Crippen LogP contribution >= 0.6 is 0 Å². The van der Waals surface area contributed by atoms with E-state index < -0.39 is 18.0 Å². The number of halogens is 3. The molecular weight excluding hydrogens is 323 g/mol. The van der Waals surface area contributed by atoms with Crippen molar-refractivity contribution in [1.29, 1.82) is 0 Å². The van der Waals surface area contributed by atoms with Crippen molar-refractivity contribution in [2.45, 2.75) is 32.2 Å². The fourth-order valence-corrected chi connectivity index (χ4v) is 1.97. The molecule has 1 aromatic carbocycles. The van der Waals surface area contributed by atoms with Crippen LogP contribution in [0.3, 0.4) is 0 Å². The minimum absolute atomic E-state index is 0.0785. The Morgan fingerprint density at radius 3 is 2.71 bits per heavy atom. The van der Waals surface area contributed by atoms with E-state index in [1.165, 1.54) is 0 Å². The summed E-state index contributed by atoms with van der Waals surface area (Å²) < 4.78 is 43.3. The molecule has 24 heavy (non-hydrogen) atoms. The van der Waals surface area contributed by atoms with Crippen LogP contribution in [0.2, 0.25) is 0 Å². The molecule has 0 spiro atoms. The summed E-state index contributed by atoms with van der Waals surface area (Å²) in [6, 6.07) is 6.77. The molecule has 0 amide bonds. The highest BCUT2D eigenvalue weighted by atomic mass is 19.4. The topological polar surface area (TPSA) is 70.2 Å². The SMILES string of the molecule is CC(C)NCC(O)COc1cccc(-c2ncc(C(F)(F)F)[nH]2)c1. The van der Waals surface area contributed by atoms with Gasteiger partial charge in [0.05, 0.1) is 6.20 Å². The fraction of sp³-hybridized carbons (Fsp3) is 0.438. The monoisotopic (exact) mass is 343 g/mol. The molecule has 3 N–H and O–H groups in total. The number of aliphatic hydroxyl groups excluding tert-OH is 1. The molecule has 0 aliphatic heterocycles. The van der Waals surface area contributed by atoms with Gasteiger partial charge in [-0.05, 0) is 12.1 Å². The summed E-state index contributed by atoms with van der Waals surface area (Å²) in [5, 5.41) is 12.9. The molecular formula is C16H20F3N3O2. The van der Waals surface area contributed by atoms with Crippen LogP contribution in [0.4, 0.5) is 13.2 Å². The number of aromatic amines is 1. The Balaban J connectivity index is 2.00. The van der Waals surface area contributed by atoms with Crippen molar-refractivity contribution in [2.24, 2.45) is 0 Å². The summed E-state index contributed by atoms with van der Waals surface area (Å²) in [6.07, 6.45) is -4.40. The maximum absolute atomic E-state index is 12.6. The molecule has 0 radical (unpaired) electrons. The van der Waals surface area contributed by atoms with Crippen molar-refractivity contribution in [3.63, 3.8) is 0 Å². The highest BCUT2D eigenvalue weighted by molar-refractivity contribution is 5.57. The first-order valence-electron chi connectivity index (χ1n) is 7.52. The number of hydrogen-bond donors (Lipinski definition) is 3. The van der Waals surface area contributed by atoms with E-state index in [1.54, 1.807) is 24.3 Å². The number of nitrogens with zero attached hydrogens (tertiary/aromatic N) is 1. The summed E-state index contributed by atoms with van der Waals surface area (Å²) in [7, 11) is 0. The van der Waals surface area contributed by atoms with Gasteiger partial charge in [-0.25, -0.2) is 4.98 Å². The largest absolute Gasteiger partial charge is 0.491 e. The quantitative estimate of drug-likeness (QED) is 0.723. The number of H-pyrrole nitrogens is 1. The average molecular weight is 343 g/mol. The summed E-state index contributed by atoms with van der Waals surface area (Å²) in [6.45, 7) is 4.41. The molecule has 0 bridgehead atoms. The van der Waals surface area contributed by atoms with Gasteiger partial charge < -0.3 is 20.1 Å². The molecule has 1 atom stereocenters. The van der Waals surface area contributed by atoms with Crippen molar-refractivity contribution in [3.05, 3.63) is 36.2 Å². The number of aromatic nitrogens is 2. The number of imidazole rings is 1. The number of aliphatic hydroxyl groups is 1. The third-order valence-corrected chi connectivity index (χ3v) is 3.19. The number of nitrogens with one attached hydrogen (secondary N) is 2. The van der Waals surface area contributed by atoms with Crippen LogP contribution in [-0.4, -0.2) is 40.4 Å². The predicted octanol–water partition coefficient (Wildman–Crippen LogP) is 2.83. The van der Waals surface area contributed by atoms with Crippen LogP contribution in [-0.2, 0) is 6.18 Å². The molecule has 132 valence electrons.